The minimum Gasteiger partial charge on any atom is -0.505 e. The summed E-state index contributed by atoms with van der Waals surface area (Å²) in [6.07, 6.45) is 4.99. The molecule has 0 heterocycles. The van der Waals surface area contributed by atoms with Crippen LogP contribution in [0, 0.1) is 11.6 Å². The first kappa shape index (κ1) is 22.1. The number of phenols is 1. The molecule has 0 atom stereocenters. The van der Waals surface area contributed by atoms with Crippen LogP contribution >= 0.6 is 0 Å². The number of ether oxygens (including phenoxy) is 1. The second-order valence-electron chi connectivity index (χ2n) is 5.76. The third-order valence-corrected chi connectivity index (χ3v) is 3.68. The predicted octanol–water partition coefficient (Wildman–Crippen LogP) is 6.23. The molecule has 27 heavy (non-hydrogen) atoms. The van der Waals surface area contributed by atoms with Crippen LogP contribution in [0.5, 0.6) is 5.75 Å². The van der Waals surface area contributed by atoms with Gasteiger partial charge in [-0.3, -0.25) is 0 Å². The third kappa shape index (κ3) is 6.70. The fourth-order valence-corrected chi connectivity index (χ4v) is 2.05. The lowest BCUT2D eigenvalue weighted by molar-refractivity contribution is 0.226. The van der Waals surface area contributed by atoms with Gasteiger partial charge < -0.3 is 9.84 Å². The van der Waals surface area contributed by atoms with E-state index in [-0.39, 0.29) is 17.7 Å². The zero-order chi connectivity index (χ0) is 20.6. The Kier molecular flexibility index (Phi) is 8.39. The molecule has 1 aromatic rings. The van der Waals surface area contributed by atoms with E-state index in [9.17, 15) is 13.2 Å². The van der Waals surface area contributed by atoms with Crippen LogP contribution < -0.4 is 0 Å². The molecule has 1 aromatic carbocycles. The summed E-state index contributed by atoms with van der Waals surface area (Å²) in [6.45, 7) is 16.8. The van der Waals surface area contributed by atoms with Crippen molar-refractivity contribution in [2.45, 2.75) is 19.8 Å². The van der Waals surface area contributed by atoms with Gasteiger partial charge in [0.2, 0.25) is 5.82 Å². The van der Waals surface area contributed by atoms with Crippen molar-refractivity contribution in [1.29, 1.82) is 0 Å². The SMILES string of the molecule is C=C(/C=C\C(=C)C(=C)/C=C(/F)C(=C)OCC)CCc1ccc(O)c(F)c1F. The molecule has 0 amide bonds. The van der Waals surface area contributed by atoms with E-state index in [1.807, 2.05) is 0 Å². The molecule has 1 rings (SSSR count). The Morgan fingerprint density at radius 3 is 2.37 bits per heavy atom. The third-order valence-electron chi connectivity index (χ3n) is 3.68. The van der Waals surface area contributed by atoms with Gasteiger partial charge in [-0.25, -0.2) is 8.78 Å². The summed E-state index contributed by atoms with van der Waals surface area (Å²) in [5, 5.41) is 9.12. The molecule has 0 saturated carbocycles. The Balaban J connectivity index is 2.64. The molecule has 2 nitrogen and oxygen atoms in total. The van der Waals surface area contributed by atoms with Gasteiger partial charge in [0.1, 0.15) is 5.76 Å². The molecule has 0 aliphatic rings. The van der Waals surface area contributed by atoms with Crippen molar-refractivity contribution in [3.8, 4) is 5.75 Å². The zero-order valence-electron chi connectivity index (χ0n) is 15.3. The van der Waals surface area contributed by atoms with Gasteiger partial charge in [-0.2, -0.15) is 4.39 Å². The fraction of sp³-hybridized carbons (Fsp3) is 0.182. The largest absolute Gasteiger partial charge is 0.505 e. The highest BCUT2D eigenvalue weighted by Crippen LogP contribution is 2.23. The van der Waals surface area contributed by atoms with Crippen molar-refractivity contribution in [2.24, 2.45) is 0 Å². The number of halogens is 3. The molecule has 1 N–H and O–H groups in total. The summed E-state index contributed by atoms with van der Waals surface area (Å²) >= 11 is 0. The standard InChI is InChI=1S/C22H23F3O2/c1-6-27-17(5)19(23)13-16(4)15(3)9-7-14(2)8-10-18-11-12-20(26)22(25)21(18)24/h7,9,11-13,26H,2-6,8,10H2,1H3/b9-7-,19-13+. The van der Waals surface area contributed by atoms with Crippen LogP contribution in [0.25, 0.3) is 0 Å². The smallest absolute Gasteiger partial charge is 0.200 e. The van der Waals surface area contributed by atoms with Gasteiger partial charge in [0.15, 0.2) is 17.4 Å². The van der Waals surface area contributed by atoms with E-state index in [0.717, 1.165) is 6.07 Å². The predicted molar refractivity (Wildman–Crippen MR) is 103 cm³/mol. The monoisotopic (exact) mass is 376 g/mol. The molecule has 0 aliphatic carbocycles. The minimum absolute atomic E-state index is 0.0806. The van der Waals surface area contributed by atoms with E-state index >= 15 is 0 Å². The second-order valence-corrected chi connectivity index (χ2v) is 5.76. The highest BCUT2D eigenvalue weighted by atomic mass is 19.2. The Hall–Kier alpha value is -2.95. The quantitative estimate of drug-likeness (QED) is 0.387. The summed E-state index contributed by atoms with van der Waals surface area (Å²) < 4.78 is 45.8. The molecule has 0 fully saturated rings. The molecule has 0 unspecified atom stereocenters. The van der Waals surface area contributed by atoms with Crippen LogP contribution in [0.2, 0.25) is 0 Å². The Morgan fingerprint density at radius 1 is 1.07 bits per heavy atom. The molecule has 0 bridgehead atoms. The number of rotatable bonds is 10. The molecule has 0 radical (unpaired) electrons. The molecular formula is C22H23F3O2. The average molecular weight is 376 g/mol. The lowest BCUT2D eigenvalue weighted by Crippen LogP contribution is -1.95. The van der Waals surface area contributed by atoms with Crippen LogP contribution in [0.3, 0.4) is 0 Å². The normalized spacial score (nSPS) is 11.5. The first-order valence-corrected chi connectivity index (χ1v) is 8.26. The number of allylic oxidation sites excluding steroid dienone is 7. The number of hydrogen-bond donors (Lipinski definition) is 1. The molecule has 0 aromatic heterocycles. The Labute approximate surface area is 158 Å². The Bertz CT molecular complexity index is 817. The summed E-state index contributed by atoms with van der Waals surface area (Å²) in [5.74, 6) is -3.78. The number of aromatic hydroxyl groups is 1. The van der Waals surface area contributed by atoms with E-state index in [2.05, 4.69) is 26.3 Å². The molecule has 144 valence electrons. The summed E-state index contributed by atoms with van der Waals surface area (Å²) in [7, 11) is 0. The van der Waals surface area contributed by atoms with Crippen molar-refractivity contribution in [3.63, 3.8) is 0 Å². The van der Waals surface area contributed by atoms with Crippen molar-refractivity contribution in [2.75, 3.05) is 6.61 Å². The second kappa shape index (κ2) is 10.3. The van der Waals surface area contributed by atoms with Gasteiger partial charge in [0, 0.05) is 0 Å². The highest BCUT2D eigenvalue weighted by molar-refractivity contribution is 5.46. The maximum absolute atomic E-state index is 13.8. The van der Waals surface area contributed by atoms with E-state index in [1.54, 1.807) is 19.1 Å². The van der Waals surface area contributed by atoms with Gasteiger partial charge in [0.25, 0.3) is 0 Å². The lowest BCUT2D eigenvalue weighted by Gasteiger charge is -2.06. The van der Waals surface area contributed by atoms with E-state index in [0.29, 0.717) is 29.7 Å². The maximum Gasteiger partial charge on any atom is 0.200 e. The van der Waals surface area contributed by atoms with Gasteiger partial charge in [-0.15, -0.1) is 0 Å². The van der Waals surface area contributed by atoms with Crippen molar-refractivity contribution in [1.82, 2.24) is 0 Å². The van der Waals surface area contributed by atoms with Gasteiger partial charge in [-0.05, 0) is 48.6 Å². The van der Waals surface area contributed by atoms with Crippen LogP contribution in [0.4, 0.5) is 13.2 Å². The maximum atomic E-state index is 13.8. The molecular weight excluding hydrogens is 353 g/mol. The molecule has 0 aliphatic heterocycles. The van der Waals surface area contributed by atoms with Crippen LogP contribution in [-0.4, -0.2) is 11.7 Å². The number of aryl methyl sites for hydroxylation is 1. The van der Waals surface area contributed by atoms with Gasteiger partial charge in [0.05, 0.1) is 6.61 Å². The van der Waals surface area contributed by atoms with Crippen LogP contribution in [0.15, 0.2) is 85.0 Å². The van der Waals surface area contributed by atoms with Crippen molar-refractivity contribution >= 4 is 0 Å². The van der Waals surface area contributed by atoms with Crippen LogP contribution in [-0.2, 0) is 11.2 Å². The van der Waals surface area contributed by atoms with Crippen LogP contribution in [0.1, 0.15) is 18.9 Å². The summed E-state index contributed by atoms with van der Waals surface area (Å²) in [5.41, 5.74) is 1.57. The minimum atomic E-state index is -1.26. The van der Waals surface area contributed by atoms with E-state index in [4.69, 9.17) is 9.84 Å². The van der Waals surface area contributed by atoms with E-state index < -0.39 is 23.2 Å². The molecule has 5 heteroatoms. The van der Waals surface area contributed by atoms with Gasteiger partial charge in [-0.1, -0.05) is 50.1 Å². The Morgan fingerprint density at radius 2 is 1.74 bits per heavy atom. The van der Waals surface area contributed by atoms with E-state index in [1.165, 1.54) is 12.1 Å². The highest BCUT2D eigenvalue weighted by Gasteiger charge is 2.12. The summed E-state index contributed by atoms with van der Waals surface area (Å²) in [6, 6.07) is 2.43. The molecule has 0 spiro atoms. The first-order valence-electron chi connectivity index (χ1n) is 8.26. The molecule has 0 saturated heterocycles. The lowest BCUT2D eigenvalue weighted by atomic mass is 10.0. The summed E-state index contributed by atoms with van der Waals surface area (Å²) in [4.78, 5) is 0. The topological polar surface area (TPSA) is 29.5 Å². The number of phenolic OH excluding ortho intramolecular Hbond substituents is 1. The van der Waals surface area contributed by atoms with Gasteiger partial charge >= 0.3 is 0 Å². The fourth-order valence-electron chi connectivity index (χ4n) is 2.05. The first-order chi connectivity index (χ1) is 12.7. The van der Waals surface area contributed by atoms with Crippen molar-refractivity contribution in [3.05, 3.63) is 102 Å². The average Bonchev–Trinajstić information content (AvgIpc) is 2.63. The zero-order valence-corrected chi connectivity index (χ0v) is 15.3. The van der Waals surface area contributed by atoms with Crippen molar-refractivity contribution < 1.29 is 23.0 Å². The number of benzene rings is 1. The number of hydrogen-bond acceptors (Lipinski definition) is 2.